The molecule has 0 saturated heterocycles. The summed E-state index contributed by atoms with van der Waals surface area (Å²) in [4.78, 5) is 0. The van der Waals surface area contributed by atoms with Crippen molar-refractivity contribution < 1.29 is 8.83 Å². The van der Waals surface area contributed by atoms with E-state index < -0.39 is 0 Å². The molecule has 0 radical (unpaired) electrons. The van der Waals surface area contributed by atoms with Crippen molar-refractivity contribution in [2.75, 3.05) is 0 Å². The molecule has 0 N–H and O–H groups in total. The maximum Gasteiger partial charge on any atom is 0.143 e. The fourth-order valence-corrected chi connectivity index (χ4v) is 14.0. The highest BCUT2D eigenvalue weighted by Crippen LogP contribution is 2.48. The molecule has 1 aliphatic rings. The fraction of sp³-hybridized carbons (Fsp3) is 0.0256. The largest absolute Gasteiger partial charge is 0.455 e. The summed E-state index contributed by atoms with van der Waals surface area (Å²) in [5.74, 6) is 0. The van der Waals surface area contributed by atoms with Crippen LogP contribution in [0.1, 0.15) is 12.8 Å². The van der Waals surface area contributed by atoms with E-state index >= 15 is 0 Å². The second-order valence-electron chi connectivity index (χ2n) is 22.2. The molecule has 0 atom stereocenters. The maximum atomic E-state index is 7.55. The van der Waals surface area contributed by atoms with Gasteiger partial charge in [-0.2, -0.15) is 0 Å². The minimum Gasteiger partial charge on any atom is -0.455 e. The molecule has 5 heteroatoms. The second-order valence-corrected chi connectivity index (χ2v) is 22.2. The van der Waals surface area contributed by atoms with Crippen molar-refractivity contribution >= 4 is 115 Å². The Balaban J connectivity index is 0.883. The van der Waals surface area contributed by atoms with Crippen LogP contribution < -0.4 is 0 Å². The summed E-state index contributed by atoms with van der Waals surface area (Å²) in [5, 5.41) is 11.6. The van der Waals surface area contributed by atoms with Crippen molar-refractivity contribution in [1.82, 2.24) is 13.7 Å². The van der Waals surface area contributed by atoms with E-state index in [0.29, 0.717) is 0 Å². The quantitative estimate of drug-likeness (QED) is 0.160. The van der Waals surface area contributed by atoms with Crippen LogP contribution in [0.15, 0.2) is 282 Å². The van der Waals surface area contributed by atoms with Crippen LogP contribution in [0.2, 0.25) is 0 Å². The van der Waals surface area contributed by atoms with Crippen molar-refractivity contribution in [3.63, 3.8) is 0 Å². The van der Waals surface area contributed by atoms with Crippen LogP contribution in [0.25, 0.3) is 171 Å². The smallest absolute Gasteiger partial charge is 0.143 e. The van der Waals surface area contributed by atoms with Crippen molar-refractivity contribution in [2.24, 2.45) is 0 Å². The van der Waals surface area contributed by atoms with Crippen molar-refractivity contribution in [2.45, 2.75) is 12.8 Å². The summed E-state index contributed by atoms with van der Waals surface area (Å²) < 4.78 is 21.7. The monoisotopic (exact) mass is 1060 g/mol. The van der Waals surface area contributed by atoms with Gasteiger partial charge in [0.25, 0.3) is 0 Å². The van der Waals surface area contributed by atoms with E-state index in [1.54, 1.807) is 0 Å². The van der Waals surface area contributed by atoms with Crippen LogP contribution in [0, 0.1) is 0 Å². The number of fused-ring (bicyclic) bond motifs is 15. The number of hydrogen-bond acceptors (Lipinski definition) is 2. The van der Waals surface area contributed by atoms with Gasteiger partial charge in [0.05, 0.1) is 33.1 Å². The molecule has 1 aliphatic carbocycles. The molecule has 5 nitrogen and oxygen atoms in total. The van der Waals surface area contributed by atoms with Crippen LogP contribution in [-0.2, 0) is 0 Å². The topological polar surface area (TPSA) is 41.1 Å². The lowest BCUT2D eigenvalue weighted by Gasteiger charge is -2.14. The van der Waals surface area contributed by atoms with Gasteiger partial charge in [0.15, 0.2) is 0 Å². The van der Waals surface area contributed by atoms with Crippen LogP contribution in [0.4, 0.5) is 0 Å². The molecule has 83 heavy (non-hydrogen) atoms. The number of nitrogens with zero attached hydrogens (tertiary/aromatic N) is 3. The van der Waals surface area contributed by atoms with E-state index in [1.807, 2.05) is 0 Å². The second kappa shape index (κ2) is 17.8. The summed E-state index contributed by atoms with van der Waals surface area (Å²) in [6.45, 7) is 0. The van der Waals surface area contributed by atoms with E-state index in [4.69, 9.17) is 8.83 Å². The van der Waals surface area contributed by atoms with Gasteiger partial charge < -0.3 is 22.5 Å². The highest BCUT2D eigenvalue weighted by atomic mass is 16.3. The van der Waals surface area contributed by atoms with Gasteiger partial charge in [-0.3, -0.25) is 0 Å². The Bertz CT molecular complexity index is 5580. The van der Waals surface area contributed by atoms with Crippen molar-refractivity contribution in [3.05, 3.63) is 273 Å². The average Bonchev–Trinajstić information content (AvgIpc) is 4.44. The fourth-order valence-electron chi connectivity index (χ4n) is 14.0. The minimum atomic E-state index is 0.836. The van der Waals surface area contributed by atoms with Crippen molar-refractivity contribution in [3.8, 4) is 55.9 Å². The van der Waals surface area contributed by atoms with E-state index in [0.717, 1.165) is 124 Å². The lowest BCUT2D eigenvalue weighted by atomic mass is 9.91. The third kappa shape index (κ3) is 6.83. The van der Waals surface area contributed by atoms with Gasteiger partial charge in [-0.05, 0) is 138 Å². The number of benzene rings is 12. The van der Waals surface area contributed by atoms with Gasteiger partial charge in [-0.15, -0.1) is 0 Å². The number of rotatable bonds is 7. The van der Waals surface area contributed by atoms with Gasteiger partial charge in [0.1, 0.15) is 22.3 Å². The van der Waals surface area contributed by atoms with E-state index in [-0.39, 0.29) is 0 Å². The molecule has 5 heterocycles. The average molecular weight is 1060 g/mol. The SMILES string of the molecule is C1=CC(n2c3ccccc3c3cc(-c4cc(-c5ccc6c(c5)c5ccccc5n6-c5ccccc5)cc5c4oc4c(-c6ccccc6-c6cc(-n7c8ccccc8c8ccccc87)cc7c6oc6ccccc67)cccc45)ccc32)=CCC1. The van der Waals surface area contributed by atoms with Gasteiger partial charge in [-0.25, -0.2) is 0 Å². The molecule has 0 aliphatic heterocycles. The number of aromatic nitrogens is 3. The Kier molecular flexibility index (Phi) is 9.86. The highest BCUT2D eigenvalue weighted by molar-refractivity contribution is 6.19. The molecule has 0 bridgehead atoms. The number of allylic oxidation sites excluding steroid dienone is 4. The Morgan fingerprint density at radius 2 is 0.759 bits per heavy atom. The minimum absolute atomic E-state index is 0.836. The Labute approximate surface area is 476 Å². The molecule has 388 valence electrons. The third-order valence-corrected chi connectivity index (χ3v) is 17.6. The van der Waals surface area contributed by atoms with Crippen LogP contribution in [0.5, 0.6) is 0 Å². The zero-order chi connectivity index (χ0) is 54.3. The first-order valence-electron chi connectivity index (χ1n) is 28.7. The predicted octanol–water partition coefficient (Wildman–Crippen LogP) is 21.6. The first kappa shape index (κ1) is 45.9. The molecule has 0 fully saturated rings. The Morgan fingerprint density at radius 1 is 0.265 bits per heavy atom. The van der Waals surface area contributed by atoms with Crippen LogP contribution >= 0.6 is 0 Å². The van der Waals surface area contributed by atoms with Crippen LogP contribution in [0.3, 0.4) is 0 Å². The molecule has 0 amide bonds. The molecule has 0 spiro atoms. The molecule has 5 aromatic heterocycles. The Hall–Kier alpha value is -10.9. The summed E-state index contributed by atoms with van der Waals surface area (Å²) in [6, 6.07) is 92.9. The van der Waals surface area contributed by atoms with E-state index in [2.05, 4.69) is 287 Å². The van der Waals surface area contributed by atoms with Gasteiger partial charge in [-0.1, -0.05) is 176 Å². The van der Waals surface area contributed by atoms with Gasteiger partial charge in [0.2, 0.25) is 0 Å². The summed E-state index contributed by atoms with van der Waals surface area (Å²) in [5.41, 5.74) is 22.4. The summed E-state index contributed by atoms with van der Waals surface area (Å²) in [6.07, 6.45) is 9.02. The summed E-state index contributed by atoms with van der Waals surface area (Å²) >= 11 is 0. The molecular formula is C78H49N3O2. The van der Waals surface area contributed by atoms with E-state index in [9.17, 15) is 0 Å². The first-order chi connectivity index (χ1) is 41.2. The normalized spacial score (nSPS) is 13.0. The molecule has 18 rings (SSSR count). The lowest BCUT2D eigenvalue weighted by Crippen LogP contribution is -1.96. The maximum absolute atomic E-state index is 7.55. The number of hydrogen-bond donors (Lipinski definition) is 0. The molecule has 12 aromatic carbocycles. The van der Waals surface area contributed by atoms with Gasteiger partial charge >= 0.3 is 0 Å². The first-order valence-corrected chi connectivity index (χ1v) is 28.7. The Morgan fingerprint density at radius 3 is 1.46 bits per heavy atom. The van der Waals surface area contributed by atoms with Crippen molar-refractivity contribution in [1.29, 1.82) is 0 Å². The number of para-hydroxylation sites is 7. The zero-order valence-electron chi connectivity index (χ0n) is 45.1. The molecular weight excluding hydrogens is 1010 g/mol. The van der Waals surface area contributed by atoms with E-state index in [1.165, 1.54) is 60.1 Å². The predicted molar refractivity (Wildman–Crippen MR) is 347 cm³/mol. The summed E-state index contributed by atoms with van der Waals surface area (Å²) in [7, 11) is 0. The molecule has 17 aromatic rings. The van der Waals surface area contributed by atoms with Gasteiger partial charge in [0, 0.05) is 87.6 Å². The lowest BCUT2D eigenvalue weighted by molar-refractivity contribution is 0.669. The number of furan rings is 2. The molecule has 0 saturated carbocycles. The molecule has 0 unspecified atom stereocenters. The highest BCUT2D eigenvalue weighted by Gasteiger charge is 2.25. The zero-order valence-corrected chi connectivity index (χ0v) is 45.1. The van der Waals surface area contributed by atoms with Crippen LogP contribution in [-0.4, -0.2) is 13.7 Å². The third-order valence-electron chi connectivity index (χ3n) is 17.6. The standard InChI is InChI=1S/C78H49N3O2/c1-3-20-51(21-4-1)79-71-35-16-11-28-58(71)64-42-48(38-40-73(64)79)50-44-63(49-39-41-74-65(43-49)59-29-12-17-36-72(59)80(74)52-22-5-2-6-23-52)77-66(45-50)62-32-19-31-61(76(62)83-77)54-24-7-8-25-55(54)67-46-53(47-68-60-30-13-18-37-75(60)82-78(67)68)81-69-33-14-9-26-56(69)57-27-10-15-34-70(57)81/h1,3-5,7-47H,2,6H2.